The van der Waals surface area contributed by atoms with E-state index in [-0.39, 0.29) is 0 Å². The number of para-hydroxylation sites is 1. The van der Waals surface area contributed by atoms with E-state index < -0.39 is 10.0 Å². The first kappa shape index (κ1) is 21.5. The van der Waals surface area contributed by atoms with Crippen LogP contribution in [-0.2, 0) is 10.0 Å². The Balaban J connectivity index is 1.44. The Morgan fingerprint density at radius 2 is 1.52 bits per heavy atom. The van der Waals surface area contributed by atoms with Gasteiger partial charge in [0.25, 0.3) is 0 Å². The van der Waals surface area contributed by atoms with Gasteiger partial charge in [-0.2, -0.15) is 9.40 Å². The molecular weight excluding hydrogens is 408 g/mol. The minimum absolute atomic E-state index is 0.328. The fourth-order valence-electron chi connectivity index (χ4n) is 4.01. The predicted octanol–water partition coefficient (Wildman–Crippen LogP) is 3.51. The number of aromatic nitrogens is 2. The first-order valence-corrected chi connectivity index (χ1v) is 12.0. The van der Waals surface area contributed by atoms with E-state index in [0.717, 1.165) is 12.2 Å². The average molecular weight is 437 g/mol. The molecule has 1 aliphatic heterocycles. The second kappa shape index (κ2) is 9.18. The van der Waals surface area contributed by atoms with Crippen LogP contribution in [0.1, 0.15) is 17.0 Å². The van der Waals surface area contributed by atoms with Crippen molar-refractivity contribution in [2.24, 2.45) is 0 Å². The number of rotatable bonds is 6. The van der Waals surface area contributed by atoms with Crippen molar-refractivity contribution >= 4 is 16.1 Å². The van der Waals surface area contributed by atoms with Crippen LogP contribution in [-0.4, -0.2) is 60.1 Å². The number of nitrogens with zero attached hydrogens (tertiary/aromatic N) is 4. The molecule has 4 rings (SSSR count). The minimum atomic E-state index is -3.59. The third-order valence-corrected chi connectivity index (χ3v) is 7.78. The van der Waals surface area contributed by atoms with Crippen molar-refractivity contribution in [3.05, 3.63) is 83.7 Å². The molecule has 3 aromatic rings. The van der Waals surface area contributed by atoms with Crippen molar-refractivity contribution in [2.75, 3.05) is 32.7 Å². The van der Waals surface area contributed by atoms with Gasteiger partial charge in [0.1, 0.15) is 4.90 Å². The zero-order valence-corrected chi connectivity index (χ0v) is 18.8. The summed E-state index contributed by atoms with van der Waals surface area (Å²) in [6.07, 6.45) is 4.24. The molecule has 0 bridgehead atoms. The molecule has 1 aliphatic rings. The smallest absolute Gasteiger partial charge is 0.246 e. The van der Waals surface area contributed by atoms with Gasteiger partial charge in [-0.1, -0.05) is 60.7 Å². The van der Waals surface area contributed by atoms with Gasteiger partial charge in [-0.25, -0.2) is 13.1 Å². The topological polar surface area (TPSA) is 58.4 Å². The molecule has 0 N–H and O–H groups in total. The molecule has 162 valence electrons. The summed E-state index contributed by atoms with van der Waals surface area (Å²) < 4.78 is 30.1. The third-order valence-electron chi connectivity index (χ3n) is 5.63. The zero-order chi connectivity index (χ0) is 21.8. The fraction of sp³-hybridized carbons (Fsp3) is 0.292. The average Bonchev–Trinajstić information content (AvgIpc) is 3.10. The van der Waals surface area contributed by atoms with Gasteiger partial charge >= 0.3 is 0 Å². The van der Waals surface area contributed by atoms with Crippen LogP contribution in [0, 0.1) is 13.8 Å². The molecule has 1 saturated heterocycles. The largest absolute Gasteiger partial charge is 0.297 e. The molecule has 0 aliphatic carbocycles. The Labute approximate surface area is 184 Å². The van der Waals surface area contributed by atoms with Crippen LogP contribution in [0.5, 0.6) is 0 Å². The van der Waals surface area contributed by atoms with E-state index in [9.17, 15) is 8.42 Å². The number of hydrogen-bond acceptors (Lipinski definition) is 4. The van der Waals surface area contributed by atoms with Crippen molar-refractivity contribution in [3.8, 4) is 5.69 Å². The van der Waals surface area contributed by atoms with E-state index in [1.165, 1.54) is 5.56 Å². The monoisotopic (exact) mass is 436 g/mol. The predicted molar refractivity (Wildman–Crippen MR) is 124 cm³/mol. The number of hydrogen-bond donors (Lipinski definition) is 0. The summed E-state index contributed by atoms with van der Waals surface area (Å²) in [6.45, 7) is 6.79. The number of sulfonamides is 1. The standard InChI is InChI=1S/C24H28N4O2S/c1-20-24(21(2)28(25-20)23-13-7-4-8-14-23)31(29,30)27-18-16-26(17-19-27)15-9-12-22-10-5-3-6-11-22/h3-14H,15-19H2,1-2H3/b12-9+. The van der Waals surface area contributed by atoms with E-state index in [2.05, 4.69) is 34.3 Å². The Kier molecular flexibility index (Phi) is 6.36. The lowest BCUT2D eigenvalue weighted by atomic mass is 10.2. The van der Waals surface area contributed by atoms with E-state index in [4.69, 9.17) is 0 Å². The summed E-state index contributed by atoms with van der Waals surface area (Å²) in [7, 11) is -3.59. The molecule has 1 aromatic heterocycles. The van der Waals surface area contributed by atoms with E-state index in [1.807, 2.05) is 55.5 Å². The van der Waals surface area contributed by atoms with E-state index in [0.29, 0.717) is 42.5 Å². The first-order valence-electron chi connectivity index (χ1n) is 10.5. The molecule has 31 heavy (non-hydrogen) atoms. The number of aryl methyl sites for hydroxylation is 1. The lowest BCUT2D eigenvalue weighted by Crippen LogP contribution is -2.48. The van der Waals surface area contributed by atoms with Gasteiger partial charge in [0.2, 0.25) is 10.0 Å². The van der Waals surface area contributed by atoms with E-state index >= 15 is 0 Å². The Morgan fingerprint density at radius 1 is 0.903 bits per heavy atom. The van der Waals surface area contributed by atoms with Crippen LogP contribution in [0.3, 0.4) is 0 Å². The van der Waals surface area contributed by atoms with Gasteiger partial charge in [-0.15, -0.1) is 0 Å². The summed E-state index contributed by atoms with van der Waals surface area (Å²) in [5.41, 5.74) is 3.22. The van der Waals surface area contributed by atoms with Gasteiger partial charge in [0, 0.05) is 32.7 Å². The fourth-order valence-corrected chi connectivity index (χ4v) is 5.78. The summed E-state index contributed by atoms with van der Waals surface area (Å²) in [5, 5.41) is 4.52. The van der Waals surface area contributed by atoms with Crippen LogP contribution in [0.15, 0.2) is 71.6 Å². The van der Waals surface area contributed by atoms with Crippen molar-refractivity contribution < 1.29 is 8.42 Å². The van der Waals surface area contributed by atoms with Gasteiger partial charge in [-0.3, -0.25) is 4.90 Å². The normalized spacial score (nSPS) is 16.2. The Morgan fingerprint density at radius 3 is 2.16 bits per heavy atom. The number of benzene rings is 2. The van der Waals surface area contributed by atoms with Crippen LogP contribution < -0.4 is 0 Å². The van der Waals surface area contributed by atoms with Crippen LogP contribution >= 0.6 is 0 Å². The summed E-state index contributed by atoms with van der Waals surface area (Å²) in [4.78, 5) is 2.60. The third kappa shape index (κ3) is 4.63. The summed E-state index contributed by atoms with van der Waals surface area (Å²) >= 11 is 0. The summed E-state index contributed by atoms with van der Waals surface area (Å²) in [6, 6.07) is 19.8. The lowest BCUT2D eigenvalue weighted by Gasteiger charge is -2.33. The van der Waals surface area contributed by atoms with Gasteiger partial charge in [-0.05, 0) is 31.5 Å². The molecule has 7 heteroatoms. The van der Waals surface area contributed by atoms with Gasteiger partial charge in [0.15, 0.2) is 0 Å². The minimum Gasteiger partial charge on any atom is -0.297 e. The highest BCUT2D eigenvalue weighted by atomic mass is 32.2. The maximum Gasteiger partial charge on any atom is 0.246 e. The SMILES string of the molecule is Cc1nn(-c2ccccc2)c(C)c1S(=O)(=O)N1CCN(C/C=C/c2ccccc2)CC1. The van der Waals surface area contributed by atoms with Crippen molar-refractivity contribution in [2.45, 2.75) is 18.7 Å². The molecule has 6 nitrogen and oxygen atoms in total. The maximum atomic E-state index is 13.4. The molecule has 0 amide bonds. The highest BCUT2D eigenvalue weighted by Gasteiger charge is 2.33. The molecular formula is C24H28N4O2S. The van der Waals surface area contributed by atoms with Crippen LogP contribution in [0.2, 0.25) is 0 Å². The van der Waals surface area contributed by atoms with Crippen molar-refractivity contribution in [1.29, 1.82) is 0 Å². The summed E-state index contributed by atoms with van der Waals surface area (Å²) in [5.74, 6) is 0. The molecule has 2 aromatic carbocycles. The Bertz CT molecular complexity index is 1150. The quantitative estimate of drug-likeness (QED) is 0.593. The van der Waals surface area contributed by atoms with Crippen molar-refractivity contribution in [1.82, 2.24) is 19.0 Å². The van der Waals surface area contributed by atoms with Crippen LogP contribution in [0.4, 0.5) is 0 Å². The maximum absolute atomic E-state index is 13.4. The molecule has 0 unspecified atom stereocenters. The highest BCUT2D eigenvalue weighted by Crippen LogP contribution is 2.26. The van der Waals surface area contributed by atoms with Gasteiger partial charge < -0.3 is 0 Å². The van der Waals surface area contributed by atoms with Crippen LogP contribution in [0.25, 0.3) is 11.8 Å². The number of piperazine rings is 1. The Hall–Kier alpha value is -2.74. The lowest BCUT2D eigenvalue weighted by molar-refractivity contribution is 0.204. The highest BCUT2D eigenvalue weighted by molar-refractivity contribution is 7.89. The second-order valence-corrected chi connectivity index (χ2v) is 9.64. The molecule has 0 atom stereocenters. The van der Waals surface area contributed by atoms with Crippen molar-refractivity contribution in [3.63, 3.8) is 0 Å². The second-order valence-electron chi connectivity index (χ2n) is 7.77. The molecule has 0 spiro atoms. The first-order chi connectivity index (χ1) is 15.0. The van der Waals surface area contributed by atoms with Gasteiger partial charge in [0.05, 0.1) is 17.1 Å². The zero-order valence-electron chi connectivity index (χ0n) is 18.0. The molecule has 1 fully saturated rings. The molecule has 0 radical (unpaired) electrons. The molecule has 2 heterocycles. The molecule has 0 saturated carbocycles. The van der Waals surface area contributed by atoms with E-state index in [1.54, 1.807) is 15.9 Å².